The highest BCUT2D eigenvalue weighted by Gasteiger charge is 2.39. The van der Waals surface area contributed by atoms with Crippen LogP contribution in [0.25, 0.3) is 0 Å². The Morgan fingerprint density at radius 2 is 1.82 bits per heavy atom. The van der Waals surface area contributed by atoms with Crippen molar-refractivity contribution in [2.75, 3.05) is 0 Å². The Morgan fingerprint density at radius 1 is 1.29 bits per heavy atom. The van der Waals surface area contributed by atoms with E-state index in [0.29, 0.717) is 6.42 Å². The lowest BCUT2D eigenvalue weighted by Gasteiger charge is -2.32. The number of aliphatic hydroxyl groups is 1. The first kappa shape index (κ1) is 13.7. The summed E-state index contributed by atoms with van der Waals surface area (Å²) in [6.07, 6.45) is 0.350. The highest BCUT2D eigenvalue weighted by Crippen LogP contribution is 2.28. The Hall–Kier alpha value is -1.35. The van der Waals surface area contributed by atoms with Gasteiger partial charge in [-0.2, -0.15) is 0 Å². The molecule has 1 rings (SSSR count). The second kappa shape index (κ2) is 5.32. The van der Waals surface area contributed by atoms with Crippen LogP contribution in [-0.4, -0.2) is 21.8 Å². The number of hydrogen-bond acceptors (Lipinski definition) is 2. The Labute approximate surface area is 102 Å². The van der Waals surface area contributed by atoms with E-state index in [0.717, 1.165) is 5.56 Å². The summed E-state index contributed by atoms with van der Waals surface area (Å²) >= 11 is 0. The number of carbonyl (C=O) groups is 1. The van der Waals surface area contributed by atoms with Crippen LogP contribution in [0.2, 0.25) is 0 Å². The third-order valence-electron chi connectivity index (χ3n) is 3.01. The van der Waals surface area contributed by atoms with Crippen LogP contribution >= 0.6 is 0 Å². The third kappa shape index (κ3) is 3.56. The summed E-state index contributed by atoms with van der Waals surface area (Å²) in [5, 5.41) is 19.6. The molecule has 94 valence electrons. The van der Waals surface area contributed by atoms with Gasteiger partial charge in [-0.1, -0.05) is 44.2 Å². The van der Waals surface area contributed by atoms with Gasteiger partial charge in [-0.15, -0.1) is 0 Å². The number of benzene rings is 1. The van der Waals surface area contributed by atoms with E-state index in [1.54, 1.807) is 6.92 Å². The topological polar surface area (TPSA) is 57.5 Å². The van der Waals surface area contributed by atoms with Gasteiger partial charge in [0.05, 0.1) is 11.5 Å². The summed E-state index contributed by atoms with van der Waals surface area (Å²) in [4.78, 5) is 11.2. The standard InChI is InChI=1S/C14H20O3/c1-10(2)12(13(15)16)14(3,17)9-11-7-5-4-6-8-11/h4-8,10,12,17H,9H2,1-3H3,(H,15,16). The van der Waals surface area contributed by atoms with Crippen molar-refractivity contribution in [2.24, 2.45) is 11.8 Å². The van der Waals surface area contributed by atoms with Gasteiger partial charge >= 0.3 is 5.97 Å². The van der Waals surface area contributed by atoms with Crippen LogP contribution in [0.3, 0.4) is 0 Å². The summed E-state index contributed by atoms with van der Waals surface area (Å²) in [5.41, 5.74) is -0.286. The normalized spacial score (nSPS) is 16.5. The molecule has 0 fully saturated rings. The molecule has 3 heteroatoms. The van der Waals surface area contributed by atoms with Crippen molar-refractivity contribution < 1.29 is 15.0 Å². The molecule has 0 aliphatic rings. The summed E-state index contributed by atoms with van der Waals surface area (Å²) in [7, 11) is 0. The van der Waals surface area contributed by atoms with Gasteiger partial charge < -0.3 is 10.2 Å². The van der Waals surface area contributed by atoms with E-state index in [9.17, 15) is 15.0 Å². The minimum Gasteiger partial charge on any atom is -0.481 e. The molecule has 2 unspecified atom stereocenters. The maximum Gasteiger partial charge on any atom is 0.309 e. The number of carboxylic acid groups (broad SMARTS) is 1. The van der Waals surface area contributed by atoms with E-state index in [4.69, 9.17) is 0 Å². The van der Waals surface area contributed by atoms with Crippen molar-refractivity contribution in [3.63, 3.8) is 0 Å². The van der Waals surface area contributed by atoms with Crippen molar-refractivity contribution in [3.05, 3.63) is 35.9 Å². The van der Waals surface area contributed by atoms with Crippen LogP contribution in [0.4, 0.5) is 0 Å². The van der Waals surface area contributed by atoms with Gasteiger partial charge in [-0.25, -0.2) is 0 Å². The summed E-state index contributed by atoms with van der Waals surface area (Å²) in [5.74, 6) is -1.81. The highest BCUT2D eigenvalue weighted by molar-refractivity contribution is 5.71. The van der Waals surface area contributed by atoms with Crippen LogP contribution in [-0.2, 0) is 11.2 Å². The fraction of sp³-hybridized carbons (Fsp3) is 0.500. The second-order valence-corrected chi connectivity index (χ2v) is 5.08. The molecule has 2 N–H and O–H groups in total. The highest BCUT2D eigenvalue weighted by atomic mass is 16.4. The minimum atomic E-state index is -1.23. The van der Waals surface area contributed by atoms with Crippen LogP contribution in [0, 0.1) is 11.8 Å². The monoisotopic (exact) mass is 236 g/mol. The largest absolute Gasteiger partial charge is 0.481 e. The number of hydrogen-bond donors (Lipinski definition) is 2. The molecule has 0 amide bonds. The van der Waals surface area contributed by atoms with Gasteiger partial charge in [0.2, 0.25) is 0 Å². The van der Waals surface area contributed by atoms with Gasteiger partial charge in [0.25, 0.3) is 0 Å². The fourth-order valence-electron chi connectivity index (χ4n) is 2.39. The average Bonchev–Trinajstić information content (AvgIpc) is 2.15. The zero-order valence-corrected chi connectivity index (χ0v) is 10.6. The molecule has 0 aromatic heterocycles. The molecule has 0 heterocycles. The molecule has 0 radical (unpaired) electrons. The lowest BCUT2D eigenvalue weighted by molar-refractivity contribution is -0.154. The summed E-state index contributed by atoms with van der Waals surface area (Å²) in [6, 6.07) is 9.46. The predicted molar refractivity (Wildman–Crippen MR) is 66.7 cm³/mol. The van der Waals surface area contributed by atoms with Crippen LogP contribution < -0.4 is 0 Å². The Bertz CT molecular complexity index is 368. The first-order valence-electron chi connectivity index (χ1n) is 5.83. The molecule has 0 saturated heterocycles. The Balaban J connectivity index is 2.89. The van der Waals surface area contributed by atoms with Crippen LogP contribution in [0.5, 0.6) is 0 Å². The zero-order chi connectivity index (χ0) is 13.1. The lowest BCUT2D eigenvalue weighted by atomic mass is 9.77. The lowest BCUT2D eigenvalue weighted by Crippen LogP contribution is -2.44. The molecule has 0 bridgehead atoms. The van der Waals surface area contributed by atoms with Crippen molar-refractivity contribution in [3.8, 4) is 0 Å². The van der Waals surface area contributed by atoms with Crippen molar-refractivity contribution in [1.29, 1.82) is 0 Å². The van der Waals surface area contributed by atoms with E-state index in [2.05, 4.69) is 0 Å². The zero-order valence-electron chi connectivity index (χ0n) is 10.6. The molecule has 2 atom stereocenters. The molecule has 1 aromatic rings. The minimum absolute atomic E-state index is 0.105. The SMILES string of the molecule is CC(C)C(C(=O)O)C(C)(O)Cc1ccccc1. The van der Waals surface area contributed by atoms with Crippen molar-refractivity contribution >= 4 is 5.97 Å². The molecule has 0 saturated carbocycles. The second-order valence-electron chi connectivity index (χ2n) is 5.08. The van der Waals surface area contributed by atoms with Gasteiger partial charge in [0.1, 0.15) is 0 Å². The fourth-order valence-corrected chi connectivity index (χ4v) is 2.39. The van der Waals surface area contributed by atoms with Gasteiger partial charge in [0, 0.05) is 6.42 Å². The van der Waals surface area contributed by atoms with Crippen molar-refractivity contribution in [2.45, 2.75) is 32.8 Å². The van der Waals surface area contributed by atoms with Crippen molar-refractivity contribution in [1.82, 2.24) is 0 Å². The Kier molecular flexibility index (Phi) is 4.29. The summed E-state index contributed by atoms with van der Waals surface area (Å²) < 4.78 is 0. The third-order valence-corrected chi connectivity index (χ3v) is 3.01. The van der Waals surface area contributed by atoms with E-state index in [1.165, 1.54) is 0 Å². The van der Waals surface area contributed by atoms with E-state index < -0.39 is 17.5 Å². The van der Waals surface area contributed by atoms with Gasteiger partial charge in [-0.05, 0) is 18.4 Å². The van der Waals surface area contributed by atoms with E-state index in [1.807, 2.05) is 44.2 Å². The number of rotatable bonds is 5. The maximum atomic E-state index is 11.2. The quantitative estimate of drug-likeness (QED) is 0.825. The molecule has 3 nitrogen and oxygen atoms in total. The molecule has 1 aromatic carbocycles. The molecule has 0 spiro atoms. The summed E-state index contributed by atoms with van der Waals surface area (Å²) in [6.45, 7) is 5.23. The molecule has 0 aliphatic carbocycles. The van der Waals surface area contributed by atoms with Gasteiger partial charge in [-0.3, -0.25) is 4.79 Å². The molecule has 17 heavy (non-hydrogen) atoms. The average molecular weight is 236 g/mol. The first-order valence-corrected chi connectivity index (χ1v) is 5.83. The molecular weight excluding hydrogens is 216 g/mol. The predicted octanol–water partition coefficient (Wildman–Crippen LogP) is 2.34. The maximum absolute atomic E-state index is 11.2. The van der Waals surface area contributed by atoms with Gasteiger partial charge in [0.15, 0.2) is 0 Å². The first-order chi connectivity index (χ1) is 7.84. The Morgan fingerprint density at radius 3 is 2.24 bits per heavy atom. The molecule has 0 aliphatic heterocycles. The van der Waals surface area contributed by atoms with Crippen LogP contribution in [0.15, 0.2) is 30.3 Å². The number of carboxylic acids is 1. The molecular formula is C14H20O3. The van der Waals surface area contributed by atoms with Crippen LogP contribution in [0.1, 0.15) is 26.3 Å². The van der Waals surface area contributed by atoms with E-state index >= 15 is 0 Å². The number of aliphatic carboxylic acids is 1. The smallest absolute Gasteiger partial charge is 0.309 e. The van der Waals surface area contributed by atoms with E-state index in [-0.39, 0.29) is 5.92 Å².